The van der Waals surface area contributed by atoms with Crippen molar-refractivity contribution in [2.24, 2.45) is 5.41 Å². The van der Waals surface area contributed by atoms with Gasteiger partial charge in [-0.25, -0.2) is 4.79 Å². The number of amides is 3. The molecule has 29 heavy (non-hydrogen) atoms. The van der Waals surface area contributed by atoms with Crippen molar-refractivity contribution >= 4 is 17.6 Å². The number of rotatable bonds is 6. The van der Waals surface area contributed by atoms with Gasteiger partial charge in [-0.1, -0.05) is 68.8 Å². The number of hydrogen-bond acceptors (Lipinski definition) is 2. The molecule has 0 aliphatic heterocycles. The number of anilines is 1. The van der Waals surface area contributed by atoms with Crippen molar-refractivity contribution < 1.29 is 9.59 Å². The Morgan fingerprint density at radius 1 is 0.966 bits per heavy atom. The van der Waals surface area contributed by atoms with Gasteiger partial charge < -0.3 is 16.0 Å². The summed E-state index contributed by atoms with van der Waals surface area (Å²) < 4.78 is 0. The molecule has 0 saturated carbocycles. The average molecular weight is 396 g/mol. The minimum Gasteiger partial charge on any atom is -0.331 e. The molecule has 1 atom stereocenters. The van der Waals surface area contributed by atoms with Crippen molar-refractivity contribution in [3.63, 3.8) is 0 Å². The maximum atomic E-state index is 12.4. The van der Waals surface area contributed by atoms with E-state index in [1.165, 1.54) is 0 Å². The minimum absolute atomic E-state index is 0.0473. The van der Waals surface area contributed by atoms with Gasteiger partial charge in [-0.3, -0.25) is 4.79 Å². The average Bonchev–Trinajstić information content (AvgIpc) is 2.62. The predicted octanol–water partition coefficient (Wildman–Crippen LogP) is 5.03. The van der Waals surface area contributed by atoms with E-state index in [1.54, 1.807) is 0 Å². The summed E-state index contributed by atoms with van der Waals surface area (Å²) in [6.07, 6.45) is 0.790. The van der Waals surface area contributed by atoms with Crippen LogP contribution in [0.1, 0.15) is 55.5 Å². The summed E-state index contributed by atoms with van der Waals surface area (Å²) in [6, 6.07) is 13.5. The molecule has 5 heteroatoms. The molecule has 2 aromatic rings. The van der Waals surface area contributed by atoms with Gasteiger partial charge in [0.05, 0.1) is 12.6 Å². The third kappa shape index (κ3) is 7.26. The number of carbonyl (C=O) groups is 2. The van der Waals surface area contributed by atoms with Gasteiger partial charge in [0.1, 0.15) is 0 Å². The molecule has 156 valence electrons. The van der Waals surface area contributed by atoms with Crippen LogP contribution in [0.3, 0.4) is 0 Å². The van der Waals surface area contributed by atoms with E-state index in [2.05, 4.69) is 36.7 Å². The Morgan fingerprint density at radius 2 is 1.55 bits per heavy atom. The van der Waals surface area contributed by atoms with E-state index >= 15 is 0 Å². The number of aryl methyl sites for hydroxylation is 3. The number of hydrogen-bond donors (Lipinski definition) is 3. The van der Waals surface area contributed by atoms with Crippen LogP contribution in [-0.4, -0.2) is 18.5 Å². The van der Waals surface area contributed by atoms with Crippen LogP contribution in [0.25, 0.3) is 0 Å². The van der Waals surface area contributed by atoms with Gasteiger partial charge in [0.2, 0.25) is 5.91 Å². The fraction of sp³-hybridized carbons (Fsp3) is 0.417. The lowest BCUT2D eigenvalue weighted by Crippen LogP contribution is -2.42. The molecule has 3 amide bonds. The molecule has 0 heterocycles. The summed E-state index contributed by atoms with van der Waals surface area (Å²) in [5.41, 5.74) is 5.07. The van der Waals surface area contributed by atoms with Crippen LogP contribution >= 0.6 is 0 Å². The summed E-state index contributed by atoms with van der Waals surface area (Å²) in [6.45, 7) is 12.3. The Morgan fingerprint density at radius 3 is 2.10 bits per heavy atom. The van der Waals surface area contributed by atoms with Gasteiger partial charge in [-0.05, 0) is 49.3 Å². The molecule has 2 rings (SSSR count). The molecule has 0 spiro atoms. The number of carbonyl (C=O) groups excluding carboxylic acids is 2. The highest BCUT2D eigenvalue weighted by atomic mass is 16.2. The van der Waals surface area contributed by atoms with Gasteiger partial charge in [-0.15, -0.1) is 0 Å². The first-order valence-corrected chi connectivity index (χ1v) is 10.0. The zero-order chi connectivity index (χ0) is 21.6. The third-order valence-corrected chi connectivity index (χ3v) is 4.67. The highest BCUT2D eigenvalue weighted by molar-refractivity contribution is 5.95. The molecular formula is C24H33N3O2. The Bertz CT molecular complexity index is 831. The molecule has 0 radical (unpaired) electrons. The van der Waals surface area contributed by atoms with E-state index in [1.807, 2.05) is 63.2 Å². The summed E-state index contributed by atoms with van der Waals surface area (Å²) in [5.74, 6) is -0.248. The molecule has 5 nitrogen and oxygen atoms in total. The zero-order valence-electron chi connectivity index (χ0n) is 18.3. The van der Waals surface area contributed by atoms with Crippen molar-refractivity contribution in [1.82, 2.24) is 10.6 Å². The van der Waals surface area contributed by atoms with Gasteiger partial charge in [0.15, 0.2) is 0 Å². The number of urea groups is 1. The second kappa shape index (κ2) is 9.59. The predicted molar refractivity (Wildman–Crippen MR) is 119 cm³/mol. The maximum absolute atomic E-state index is 12.4. The molecule has 0 fully saturated rings. The molecule has 0 aromatic heterocycles. The molecule has 0 saturated heterocycles. The van der Waals surface area contributed by atoms with Crippen molar-refractivity contribution in [3.05, 3.63) is 64.7 Å². The lowest BCUT2D eigenvalue weighted by Gasteiger charge is -2.27. The summed E-state index contributed by atoms with van der Waals surface area (Å²) in [7, 11) is 0. The van der Waals surface area contributed by atoms with Gasteiger partial charge in [-0.2, -0.15) is 0 Å². The molecule has 1 unspecified atom stereocenters. The Labute approximate surface area is 174 Å². The standard InChI is InChI=1S/C24H33N3O2/c1-16-12-17(2)22(18(3)13-16)27-21(28)15-25-23(29)26-20(14-24(4,5)6)19-10-8-7-9-11-19/h7-13,20H,14-15H2,1-6H3,(H,27,28)(H2,25,26,29). The summed E-state index contributed by atoms with van der Waals surface area (Å²) in [4.78, 5) is 24.8. The monoisotopic (exact) mass is 395 g/mol. The largest absolute Gasteiger partial charge is 0.331 e. The normalized spacial score (nSPS) is 12.2. The van der Waals surface area contributed by atoms with E-state index in [4.69, 9.17) is 0 Å². The van der Waals surface area contributed by atoms with E-state index in [0.717, 1.165) is 34.4 Å². The SMILES string of the molecule is Cc1cc(C)c(NC(=O)CNC(=O)NC(CC(C)(C)C)c2ccccc2)c(C)c1. The second-order valence-electron chi connectivity index (χ2n) is 8.88. The van der Waals surface area contributed by atoms with Gasteiger partial charge in [0.25, 0.3) is 0 Å². The Hall–Kier alpha value is -2.82. The van der Waals surface area contributed by atoms with Crippen LogP contribution in [0.2, 0.25) is 0 Å². The molecule has 2 aromatic carbocycles. The van der Waals surface area contributed by atoms with Crippen LogP contribution in [0.5, 0.6) is 0 Å². The van der Waals surface area contributed by atoms with Crippen LogP contribution in [0, 0.1) is 26.2 Å². The van der Waals surface area contributed by atoms with Crippen LogP contribution < -0.4 is 16.0 Å². The van der Waals surface area contributed by atoms with E-state index in [-0.39, 0.29) is 29.9 Å². The fourth-order valence-corrected chi connectivity index (χ4v) is 3.48. The first-order valence-electron chi connectivity index (χ1n) is 10.0. The lowest BCUT2D eigenvalue weighted by atomic mass is 9.85. The Balaban J connectivity index is 1.96. The van der Waals surface area contributed by atoms with Crippen molar-refractivity contribution in [2.75, 3.05) is 11.9 Å². The smallest absolute Gasteiger partial charge is 0.315 e. The topological polar surface area (TPSA) is 70.2 Å². The molecular weight excluding hydrogens is 362 g/mol. The Kier molecular flexibility index (Phi) is 7.43. The van der Waals surface area contributed by atoms with Crippen molar-refractivity contribution in [3.8, 4) is 0 Å². The quantitative estimate of drug-likeness (QED) is 0.642. The lowest BCUT2D eigenvalue weighted by molar-refractivity contribution is -0.115. The zero-order valence-corrected chi connectivity index (χ0v) is 18.3. The number of nitrogens with one attached hydrogen (secondary N) is 3. The molecule has 3 N–H and O–H groups in total. The summed E-state index contributed by atoms with van der Waals surface area (Å²) >= 11 is 0. The minimum atomic E-state index is -0.351. The van der Waals surface area contributed by atoms with Gasteiger partial charge >= 0.3 is 6.03 Å². The van der Waals surface area contributed by atoms with Crippen molar-refractivity contribution in [1.29, 1.82) is 0 Å². The highest BCUT2D eigenvalue weighted by Crippen LogP contribution is 2.29. The first-order chi connectivity index (χ1) is 13.5. The van der Waals surface area contributed by atoms with Crippen LogP contribution in [-0.2, 0) is 4.79 Å². The molecule has 0 aliphatic rings. The van der Waals surface area contributed by atoms with E-state index in [0.29, 0.717) is 0 Å². The fourth-order valence-electron chi connectivity index (χ4n) is 3.48. The third-order valence-electron chi connectivity index (χ3n) is 4.67. The maximum Gasteiger partial charge on any atom is 0.315 e. The number of benzene rings is 2. The molecule has 0 bridgehead atoms. The molecule has 0 aliphatic carbocycles. The van der Waals surface area contributed by atoms with E-state index in [9.17, 15) is 9.59 Å². The van der Waals surface area contributed by atoms with Crippen molar-refractivity contribution in [2.45, 2.75) is 54.0 Å². The summed E-state index contributed by atoms with van der Waals surface area (Å²) in [5, 5.41) is 8.59. The first kappa shape index (κ1) is 22.5. The highest BCUT2D eigenvalue weighted by Gasteiger charge is 2.22. The second-order valence-corrected chi connectivity index (χ2v) is 8.88. The van der Waals surface area contributed by atoms with E-state index < -0.39 is 0 Å². The van der Waals surface area contributed by atoms with Crippen LogP contribution in [0.15, 0.2) is 42.5 Å². The van der Waals surface area contributed by atoms with Crippen LogP contribution in [0.4, 0.5) is 10.5 Å². The van der Waals surface area contributed by atoms with Gasteiger partial charge in [0, 0.05) is 5.69 Å².